The van der Waals surface area contributed by atoms with E-state index in [-0.39, 0.29) is 17.9 Å². The number of nitrogens with zero attached hydrogens (tertiary/aromatic N) is 4. The second-order valence-corrected chi connectivity index (χ2v) is 8.20. The Hall–Kier alpha value is -2.67. The predicted octanol–water partition coefficient (Wildman–Crippen LogP) is 3.81. The van der Waals surface area contributed by atoms with Gasteiger partial charge in [0.1, 0.15) is 5.15 Å². The van der Waals surface area contributed by atoms with Gasteiger partial charge in [-0.25, -0.2) is 4.68 Å². The minimum atomic E-state index is -0.320. The molecule has 0 aliphatic heterocycles. The summed E-state index contributed by atoms with van der Waals surface area (Å²) < 4.78 is 6.87. The van der Waals surface area contributed by atoms with Crippen LogP contribution >= 0.6 is 11.6 Å². The SMILES string of the molecule is Cc1ccc(Cn2nc(C)c(C(=O)NCc3noc(C(C)(C)C)n3)c2Cl)cc1. The Balaban J connectivity index is 1.70. The van der Waals surface area contributed by atoms with Crippen molar-refractivity contribution >= 4 is 17.5 Å². The quantitative estimate of drug-likeness (QED) is 0.702. The molecule has 0 fully saturated rings. The van der Waals surface area contributed by atoms with Crippen LogP contribution < -0.4 is 5.32 Å². The van der Waals surface area contributed by atoms with Crippen LogP contribution in [-0.4, -0.2) is 25.8 Å². The number of halogens is 1. The summed E-state index contributed by atoms with van der Waals surface area (Å²) in [6.45, 7) is 10.4. The minimum Gasteiger partial charge on any atom is -0.344 e. The lowest BCUT2D eigenvalue weighted by molar-refractivity contribution is 0.0949. The first kappa shape index (κ1) is 20.1. The summed E-state index contributed by atoms with van der Waals surface area (Å²) in [5.74, 6) is 0.621. The van der Waals surface area contributed by atoms with E-state index in [1.165, 1.54) is 5.56 Å². The molecule has 0 saturated carbocycles. The molecule has 3 rings (SSSR count). The van der Waals surface area contributed by atoms with Crippen molar-refractivity contribution in [2.45, 2.75) is 53.1 Å². The first-order valence-corrected chi connectivity index (χ1v) is 9.42. The van der Waals surface area contributed by atoms with E-state index in [1.807, 2.05) is 52.0 Å². The van der Waals surface area contributed by atoms with Gasteiger partial charge in [0.2, 0.25) is 5.89 Å². The third-order valence-corrected chi connectivity index (χ3v) is 4.65. The van der Waals surface area contributed by atoms with E-state index in [1.54, 1.807) is 11.6 Å². The highest BCUT2D eigenvalue weighted by Crippen LogP contribution is 2.22. The maximum Gasteiger partial charge on any atom is 0.256 e. The first-order chi connectivity index (χ1) is 13.1. The lowest BCUT2D eigenvalue weighted by Gasteiger charge is -2.10. The van der Waals surface area contributed by atoms with Crippen LogP contribution in [0.15, 0.2) is 28.8 Å². The molecule has 2 heterocycles. The Morgan fingerprint density at radius 1 is 1.21 bits per heavy atom. The van der Waals surface area contributed by atoms with E-state index in [4.69, 9.17) is 16.1 Å². The fraction of sp³-hybridized carbons (Fsp3) is 0.400. The summed E-state index contributed by atoms with van der Waals surface area (Å²) in [4.78, 5) is 17.0. The first-order valence-electron chi connectivity index (χ1n) is 9.05. The number of carbonyl (C=O) groups is 1. The number of hydrogen-bond donors (Lipinski definition) is 1. The summed E-state index contributed by atoms with van der Waals surface area (Å²) >= 11 is 6.44. The van der Waals surface area contributed by atoms with Crippen LogP contribution in [0, 0.1) is 13.8 Å². The van der Waals surface area contributed by atoms with Gasteiger partial charge in [0.25, 0.3) is 5.91 Å². The number of aryl methyl sites for hydroxylation is 2. The second kappa shape index (κ2) is 7.75. The van der Waals surface area contributed by atoms with Gasteiger partial charge in [-0.2, -0.15) is 10.1 Å². The Bertz CT molecular complexity index is 983. The number of rotatable bonds is 5. The van der Waals surface area contributed by atoms with Crippen molar-refractivity contribution in [1.29, 1.82) is 0 Å². The summed E-state index contributed by atoms with van der Waals surface area (Å²) in [7, 11) is 0. The molecule has 7 nitrogen and oxygen atoms in total. The zero-order valence-electron chi connectivity index (χ0n) is 16.7. The third-order valence-electron chi connectivity index (χ3n) is 4.26. The van der Waals surface area contributed by atoms with Gasteiger partial charge in [-0.15, -0.1) is 0 Å². The zero-order chi connectivity index (χ0) is 20.5. The van der Waals surface area contributed by atoms with Gasteiger partial charge < -0.3 is 9.84 Å². The van der Waals surface area contributed by atoms with Crippen LogP contribution in [0.25, 0.3) is 0 Å². The van der Waals surface area contributed by atoms with Crippen LogP contribution in [-0.2, 0) is 18.5 Å². The van der Waals surface area contributed by atoms with Crippen molar-refractivity contribution in [2.75, 3.05) is 0 Å². The Kier molecular flexibility index (Phi) is 5.56. The van der Waals surface area contributed by atoms with Gasteiger partial charge in [0.05, 0.1) is 24.3 Å². The number of hydrogen-bond acceptors (Lipinski definition) is 5. The van der Waals surface area contributed by atoms with Crippen molar-refractivity contribution in [3.8, 4) is 0 Å². The molecule has 0 aliphatic rings. The molecular weight excluding hydrogens is 378 g/mol. The van der Waals surface area contributed by atoms with Gasteiger partial charge >= 0.3 is 0 Å². The molecular formula is C20H24ClN5O2. The van der Waals surface area contributed by atoms with Gasteiger partial charge in [0, 0.05) is 5.41 Å². The molecule has 0 atom stereocenters. The van der Waals surface area contributed by atoms with Crippen molar-refractivity contribution < 1.29 is 9.32 Å². The van der Waals surface area contributed by atoms with Crippen LogP contribution in [0.3, 0.4) is 0 Å². The third kappa shape index (κ3) is 4.42. The van der Waals surface area contributed by atoms with E-state index in [0.29, 0.717) is 34.7 Å². The monoisotopic (exact) mass is 401 g/mol. The largest absolute Gasteiger partial charge is 0.344 e. The fourth-order valence-electron chi connectivity index (χ4n) is 2.66. The average molecular weight is 402 g/mol. The van der Waals surface area contributed by atoms with Crippen LogP contribution in [0.5, 0.6) is 0 Å². The standard InChI is InChI=1S/C20H24ClN5O2/c1-12-6-8-14(9-7-12)11-26-17(21)16(13(2)24-26)18(27)22-10-15-23-19(28-25-15)20(3,4)5/h6-9H,10-11H2,1-5H3,(H,22,27). The average Bonchev–Trinajstić information content (AvgIpc) is 3.20. The molecule has 1 aromatic carbocycles. The van der Waals surface area contributed by atoms with E-state index in [9.17, 15) is 4.79 Å². The summed E-state index contributed by atoms with van der Waals surface area (Å²) in [5, 5.41) is 11.4. The van der Waals surface area contributed by atoms with Crippen LogP contribution in [0.1, 0.15) is 59.7 Å². The lowest BCUT2D eigenvalue weighted by Crippen LogP contribution is -2.24. The number of amides is 1. The van der Waals surface area contributed by atoms with Crippen molar-refractivity contribution in [3.05, 3.63) is 63.5 Å². The fourth-order valence-corrected chi connectivity index (χ4v) is 2.98. The normalized spacial score (nSPS) is 11.6. The number of benzene rings is 1. The Morgan fingerprint density at radius 2 is 1.89 bits per heavy atom. The molecule has 1 amide bonds. The van der Waals surface area contributed by atoms with E-state index in [2.05, 4.69) is 20.6 Å². The molecule has 28 heavy (non-hydrogen) atoms. The zero-order valence-corrected chi connectivity index (χ0v) is 17.5. The highest BCUT2D eigenvalue weighted by Gasteiger charge is 2.23. The molecule has 8 heteroatoms. The molecule has 2 aromatic heterocycles. The topological polar surface area (TPSA) is 85.8 Å². The minimum absolute atomic E-state index is 0.150. The Morgan fingerprint density at radius 3 is 2.50 bits per heavy atom. The van der Waals surface area contributed by atoms with E-state index >= 15 is 0 Å². The van der Waals surface area contributed by atoms with Gasteiger partial charge in [0.15, 0.2) is 5.82 Å². The van der Waals surface area contributed by atoms with E-state index in [0.717, 1.165) is 5.56 Å². The molecule has 0 unspecified atom stereocenters. The van der Waals surface area contributed by atoms with Crippen LogP contribution in [0.4, 0.5) is 0 Å². The highest BCUT2D eigenvalue weighted by atomic mass is 35.5. The van der Waals surface area contributed by atoms with E-state index < -0.39 is 0 Å². The summed E-state index contributed by atoms with van der Waals surface area (Å²) in [6, 6.07) is 8.10. The van der Waals surface area contributed by atoms with Gasteiger partial charge in [-0.05, 0) is 19.4 Å². The second-order valence-electron chi connectivity index (χ2n) is 7.84. The molecule has 0 radical (unpaired) electrons. The summed E-state index contributed by atoms with van der Waals surface area (Å²) in [5.41, 5.74) is 2.92. The molecule has 3 aromatic rings. The predicted molar refractivity (Wildman–Crippen MR) is 106 cm³/mol. The van der Waals surface area contributed by atoms with Crippen molar-refractivity contribution in [3.63, 3.8) is 0 Å². The molecule has 148 valence electrons. The van der Waals surface area contributed by atoms with Gasteiger partial charge in [-0.1, -0.05) is 67.4 Å². The smallest absolute Gasteiger partial charge is 0.256 e. The van der Waals surface area contributed by atoms with Gasteiger partial charge in [-0.3, -0.25) is 4.79 Å². The number of aromatic nitrogens is 4. The molecule has 0 saturated heterocycles. The van der Waals surface area contributed by atoms with Crippen LogP contribution in [0.2, 0.25) is 5.15 Å². The maximum absolute atomic E-state index is 12.6. The van der Waals surface area contributed by atoms with Crippen molar-refractivity contribution in [1.82, 2.24) is 25.2 Å². The molecule has 0 aliphatic carbocycles. The highest BCUT2D eigenvalue weighted by molar-refractivity contribution is 6.33. The molecule has 0 spiro atoms. The maximum atomic E-state index is 12.6. The molecule has 0 bridgehead atoms. The number of carbonyl (C=O) groups excluding carboxylic acids is 1. The van der Waals surface area contributed by atoms with Crippen molar-refractivity contribution in [2.24, 2.45) is 0 Å². The molecule has 1 N–H and O–H groups in total. The number of nitrogens with one attached hydrogen (secondary N) is 1. The Labute approximate surface area is 169 Å². The summed E-state index contributed by atoms with van der Waals surface area (Å²) in [6.07, 6.45) is 0. The lowest BCUT2D eigenvalue weighted by atomic mass is 9.97.